The van der Waals surface area contributed by atoms with Gasteiger partial charge in [-0.05, 0) is 24.3 Å². The summed E-state index contributed by atoms with van der Waals surface area (Å²) in [6.07, 6.45) is 1.55. The lowest BCUT2D eigenvalue weighted by atomic mass is 10.2. The summed E-state index contributed by atoms with van der Waals surface area (Å²) in [6, 6.07) is 5.86. The Bertz CT molecular complexity index is 723. The average molecular weight is 325 g/mol. The molecular formula is C13H15N3O3S2. The van der Waals surface area contributed by atoms with Crippen LogP contribution in [0.25, 0.3) is 0 Å². The molecule has 1 heterocycles. The van der Waals surface area contributed by atoms with E-state index in [1.54, 1.807) is 25.7 Å². The van der Waals surface area contributed by atoms with Gasteiger partial charge in [0.25, 0.3) is 15.9 Å². The molecule has 2 rings (SSSR count). The molecule has 8 heteroatoms. The molecule has 0 bridgehead atoms. The average Bonchev–Trinajstić information content (AvgIpc) is 2.99. The predicted octanol–water partition coefficient (Wildman–Crippen LogP) is 1.67. The molecule has 2 aromatic rings. The minimum Gasteiger partial charge on any atom is -0.345 e. The van der Waals surface area contributed by atoms with Gasteiger partial charge >= 0.3 is 0 Å². The van der Waals surface area contributed by atoms with Crippen LogP contribution in [0.2, 0.25) is 0 Å². The van der Waals surface area contributed by atoms with Gasteiger partial charge in [-0.1, -0.05) is 0 Å². The first-order chi connectivity index (χ1) is 9.84. The molecule has 0 aliphatic rings. The fourth-order valence-electron chi connectivity index (χ4n) is 1.66. The number of nitrogens with zero attached hydrogens (tertiary/aromatic N) is 3. The number of rotatable bonds is 4. The second-order valence-electron chi connectivity index (χ2n) is 4.51. The summed E-state index contributed by atoms with van der Waals surface area (Å²) >= 11 is 1.24. The first kappa shape index (κ1) is 15.5. The molecule has 6 nitrogen and oxygen atoms in total. The normalized spacial score (nSPS) is 11.2. The Morgan fingerprint density at radius 1 is 1.14 bits per heavy atom. The molecule has 0 saturated carbocycles. The van der Waals surface area contributed by atoms with Crippen molar-refractivity contribution in [2.45, 2.75) is 4.90 Å². The molecule has 1 aromatic heterocycles. The number of thiazole rings is 1. The van der Waals surface area contributed by atoms with Crippen molar-refractivity contribution < 1.29 is 13.2 Å². The van der Waals surface area contributed by atoms with Crippen molar-refractivity contribution >= 4 is 32.4 Å². The Kier molecular flexibility index (Phi) is 4.29. The van der Waals surface area contributed by atoms with E-state index in [-0.39, 0.29) is 10.8 Å². The van der Waals surface area contributed by atoms with Gasteiger partial charge in [0.15, 0.2) is 5.13 Å². The molecule has 112 valence electrons. The van der Waals surface area contributed by atoms with Gasteiger partial charge in [0, 0.05) is 38.3 Å². The van der Waals surface area contributed by atoms with E-state index in [1.807, 2.05) is 0 Å². The van der Waals surface area contributed by atoms with Crippen molar-refractivity contribution in [2.24, 2.45) is 0 Å². The minimum absolute atomic E-state index is 0.121. The van der Waals surface area contributed by atoms with E-state index < -0.39 is 10.0 Å². The summed E-state index contributed by atoms with van der Waals surface area (Å²) in [4.78, 5) is 17.3. The quantitative estimate of drug-likeness (QED) is 0.857. The summed E-state index contributed by atoms with van der Waals surface area (Å²) in [5.74, 6) is -0.174. The smallest absolute Gasteiger partial charge is 0.265 e. The first-order valence-electron chi connectivity index (χ1n) is 6.04. The van der Waals surface area contributed by atoms with E-state index in [0.29, 0.717) is 10.7 Å². The number of carbonyl (C=O) groups excluding carboxylic acids is 1. The van der Waals surface area contributed by atoms with E-state index in [2.05, 4.69) is 4.98 Å². The summed E-state index contributed by atoms with van der Waals surface area (Å²) < 4.78 is 26.0. The predicted molar refractivity (Wildman–Crippen MR) is 82.2 cm³/mol. The van der Waals surface area contributed by atoms with Gasteiger partial charge in [-0.25, -0.2) is 17.7 Å². The van der Waals surface area contributed by atoms with E-state index >= 15 is 0 Å². The number of amides is 1. The molecule has 0 saturated heterocycles. The number of aromatic nitrogens is 1. The fourth-order valence-corrected chi connectivity index (χ4v) is 3.65. The maximum absolute atomic E-state index is 12.4. The number of benzene rings is 1. The highest BCUT2D eigenvalue weighted by atomic mass is 32.2. The van der Waals surface area contributed by atoms with E-state index in [1.165, 1.54) is 47.5 Å². The zero-order valence-corrected chi connectivity index (χ0v) is 13.5. The molecule has 1 aromatic carbocycles. The van der Waals surface area contributed by atoms with Crippen LogP contribution in [0.4, 0.5) is 5.13 Å². The van der Waals surface area contributed by atoms with Crippen LogP contribution in [0.15, 0.2) is 40.7 Å². The zero-order valence-electron chi connectivity index (χ0n) is 11.8. The number of hydrogen-bond acceptors (Lipinski definition) is 5. The number of carbonyl (C=O) groups is 1. The summed E-state index contributed by atoms with van der Waals surface area (Å²) in [6.45, 7) is 0. The SMILES string of the molecule is CN(C)C(=O)c1ccc(S(=O)(=O)N(C)c2nccs2)cc1. The van der Waals surface area contributed by atoms with Gasteiger partial charge in [0.2, 0.25) is 0 Å². The number of sulfonamides is 1. The molecule has 0 spiro atoms. The molecule has 0 aliphatic carbocycles. The Morgan fingerprint density at radius 2 is 1.76 bits per heavy atom. The third kappa shape index (κ3) is 3.06. The third-order valence-electron chi connectivity index (χ3n) is 2.85. The molecule has 0 aliphatic heterocycles. The molecule has 21 heavy (non-hydrogen) atoms. The van der Waals surface area contributed by atoms with Gasteiger partial charge in [-0.2, -0.15) is 0 Å². The van der Waals surface area contributed by atoms with Crippen molar-refractivity contribution in [1.29, 1.82) is 0 Å². The molecule has 0 N–H and O–H groups in total. The Morgan fingerprint density at radius 3 is 2.24 bits per heavy atom. The van der Waals surface area contributed by atoms with Gasteiger partial charge in [0.05, 0.1) is 4.90 Å². The molecule has 0 unspecified atom stereocenters. The maximum atomic E-state index is 12.4. The third-order valence-corrected chi connectivity index (χ3v) is 5.58. The van der Waals surface area contributed by atoms with Crippen LogP contribution in [0.5, 0.6) is 0 Å². The van der Waals surface area contributed by atoms with E-state index in [4.69, 9.17) is 0 Å². The van der Waals surface area contributed by atoms with Crippen LogP contribution in [0, 0.1) is 0 Å². The minimum atomic E-state index is -3.67. The maximum Gasteiger partial charge on any atom is 0.265 e. The summed E-state index contributed by atoms with van der Waals surface area (Å²) in [7, 11) is 1.07. The van der Waals surface area contributed by atoms with Crippen molar-refractivity contribution in [3.8, 4) is 0 Å². The molecule has 0 radical (unpaired) electrons. The Labute approximate surface area is 127 Å². The first-order valence-corrected chi connectivity index (χ1v) is 8.36. The highest BCUT2D eigenvalue weighted by molar-refractivity contribution is 7.93. The topological polar surface area (TPSA) is 70.6 Å². The van der Waals surface area contributed by atoms with Crippen LogP contribution in [-0.2, 0) is 10.0 Å². The Balaban J connectivity index is 2.31. The standard InChI is InChI=1S/C13H15N3O3S2/c1-15(2)12(17)10-4-6-11(7-5-10)21(18,19)16(3)13-14-8-9-20-13/h4-9H,1-3H3. The molecule has 1 amide bonds. The summed E-state index contributed by atoms with van der Waals surface area (Å²) in [5.41, 5.74) is 0.441. The summed E-state index contributed by atoms with van der Waals surface area (Å²) in [5, 5.41) is 2.10. The highest BCUT2D eigenvalue weighted by Gasteiger charge is 2.23. The van der Waals surface area contributed by atoms with Crippen molar-refractivity contribution in [2.75, 3.05) is 25.4 Å². The van der Waals surface area contributed by atoms with Crippen LogP contribution < -0.4 is 4.31 Å². The van der Waals surface area contributed by atoms with E-state index in [9.17, 15) is 13.2 Å². The van der Waals surface area contributed by atoms with Crippen molar-refractivity contribution in [3.05, 3.63) is 41.4 Å². The second-order valence-corrected chi connectivity index (χ2v) is 7.35. The lowest BCUT2D eigenvalue weighted by Crippen LogP contribution is -2.26. The van der Waals surface area contributed by atoms with Crippen LogP contribution in [0.3, 0.4) is 0 Å². The van der Waals surface area contributed by atoms with Gasteiger partial charge in [0.1, 0.15) is 0 Å². The lowest BCUT2D eigenvalue weighted by Gasteiger charge is -2.16. The largest absolute Gasteiger partial charge is 0.345 e. The number of hydrogen-bond donors (Lipinski definition) is 0. The molecule has 0 fully saturated rings. The van der Waals surface area contributed by atoms with Gasteiger partial charge < -0.3 is 4.90 Å². The Hall–Kier alpha value is -1.93. The monoisotopic (exact) mass is 325 g/mol. The van der Waals surface area contributed by atoms with Gasteiger partial charge in [-0.3, -0.25) is 4.79 Å². The van der Waals surface area contributed by atoms with Crippen molar-refractivity contribution in [3.63, 3.8) is 0 Å². The lowest BCUT2D eigenvalue weighted by molar-refractivity contribution is 0.0827. The molecule has 0 atom stereocenters. The molecular weight excluding hydrogens is 310 g/mol. The van der Waals surface area contributed by atoms with Crippen LogP contribution >= 0.6 is 11.3 Å². The van der Waals surface area contributed by atoms with Crippen LogP contribution in [0.1, 0.15) is 10.4 Å². The van der Waals surface area contributed by atoms with E-state index in [0.717, 1.165) is 4.31 Å². The van der Waals surface area contributed by atoms with Gasteiger partial charge in [-0.15, -0.1) is 11.3 Å². The zero-order chi connectivity index (χ0) is 15.6. The second kappa shape index (κ2) is 5.82. The number of anilines is 1. The fraction of sp³-hybridized carbons (Fsp3) is 0.231. The van der Waals surface area contributed by atoms with Crippen molar-refractivity contribution in [1.82, 2.24) is 9.88 Å². The van der Waals surface area contributed by atoms with Crippen LogP contribution in [-0.4, -0.2) is 45.4 Å². The highest BCUT2D eigenvalue weighted by Crippen LogP contribution is 2.23.